The minimum Gasteiger partial charge on any atom is -0.278 e. The van der Waals surface area contributed by atoms with Crippen molar-refractivity contribution in [2.45, 2.75) is 28.1 Å². The molecule has 7 aliphatic carbocycles. The summed E-state index contributed by atoms with van der Waals surface area (Å²) >= 11 is 5.99. The van der Waals surface area contributed by atoms with Gasteiger partial charge in [-0.05, 0) is 198 Å². The Labute approximate surface area is 740 Å². The van der Waals surface area contributed by atoms with Crippen LogP contribution in [0.5, 0.6) is 0 Å². The highest BCUT2D eigenvalue weighted by Gasteiger charge is 2.62. The Kier molecular flexibility index (Phi) is 16.1. The summed E-state index contributed by atoms with van der Waals surface area (Å²) in [6, 6.07) is 160. The van der Waals surface area contributed by atoms with E-state index in [2.05, 4.69) is 359 Å². The van der Waals surface area contributed by atoms with Crippen molar-refractivity contribution in [1.29, 1.82) is 0 Å². The molecule has 21 aromatic rings. The number of aromatic nitrogens is 7. The maximum atomic E-state index is 5.99. The van der Waals surface area contributed by atoms with E-state index in [1.807, 2.05) is 97.1 Å². The van der Waals surface area contributed by atoms with E-state index >= 15 is 0 Å². The predicted molar refractivity (Wildman–Crippen MR) is 512 cm³/mol. The average molecular weight is 1640 g/mol. The van der Waals surface area contributed by atoms with Gasteiger partial charge < -0.3 is 0 Å². The van der Waals surface area contributed by atoms with Crippen LogP contribution in [0.3, 0.4) is 0 Å². The van der Waals surface area contributed by atoms with E-state index in [9.17, 15) is 0 Å². The Morgan fingerprint density at radius 1 is 0.189 bits per heavy atom. The van der Waals surface area contributed by atoms with Crippen LogP contribution in [0.2, 0.25) is 5.28 Å². The number of rotatable bonds is 5. The van der Waals surface area contributed by atoms with Gasteiger partial charge in [0.15, 0.2) is 23.3 Å². The molecule has 592 valence electrons. The monoisotopic (exact) mass is 1640 g/mol. The Morgan fingerprint density at radius 2 is 0.457 bits per heavy atom. The molecule has 4 spiro atoms. The summed E-state index contributed by atoms with van der Waals surface area (Å²) in [5, 5.41) is 2.50. The van der Waals surface area contributed by atoms with Gasteiger partial charge in [-0.3, -0.25) is 4.57 Å². The fourth-order valence-electron chi connectivity index (χ4n) is 23.5. The molecule has 0 saturated carbocycles. The van der Waals surface area contributed by atoms with Crippen molar-refractivity contribution in [3.63, 3.8) is 0 Å². The molecule has 7 nitrogen and oxygen atoms in total. The number of nitrogens with zero attached hydrogens (tertiary/aromatic N) is 7. The number of halogens is 1. The van der Waals surface area contributed by atoms with Crippen molar-refractivity contribution in [1.82, 2.24) is 34.5 Å². The van der Waals surface area contributed by atoms with Gasteiger partial charge >= 0.3 is 0 Å². The summed E-state index contributed by atoms with van der Waals surface area (Å²) in [5.41, 5.74) is 41.5. The van der Waals surface area contributed by atoms with Gasteiger partial charge in [0, 0.05) is 33.0 Å². The topological polar surface area (TPSA) is 82.3 Å². The lowest BCUT2D eigenvalue weighted by Crippen LogP contribution is -2.44. The van der Waals surface area contributed by atoms with Crippen LogP contribution in [0.15, 0.2) is 437 Å². The van der Waals surface area contributed by atoms with E-state index in [0.717, 1.165) is 50.5 Å². The zero-order chi connectivity index (χ0) is 83.7. The molecule has 3 aromatic heterocycles. The second-order valence-corrected chi connectivity index (χ2v) is 34.4. The molecule has 127 heavy (non-hydrogen) atoms. The van der Waals surface area contributed by atoms with Crippen molar-refractivity contribution in [2.75, 3.05) is 0 Å². The molecule has 28 rings (SSSR count). The highest BCUT2D eigenvalue weighted by molar-refractivity contribution is 6.28. The van der Waals surface area contributed by atoms with E-state index in [0.29, 0.717) is 29.2 Å². The molecule has 7 aliphatic rings. The zero-order valence-electron chi connectivity index (χ0n) is 68.8. The van der Waals surface area contributed by atoms with E-state index < -0.39 is 21.7 Å². The first-order chi connectivity index (χ1) is 62.9. The third-order valence-electron chi connectivity index (χ3n) is 28.2. The predicted octanol–water partition coefficient (Wildman–Crippen LogP) is 27.5. The fourth-order valence-corrected chi connectivity index (χ4v) is 23.6. The van der Waals surface area contributed by atoms with Crippen LogP contribution in [0, 0.1) is 0 Å². The molecule has 0 aliphatic heterocycles. The number of hydrogen-bond acceptors (Lipinski definition) is 6. The molecule has 0 saturated heterocycles. The molecular weight excluding hydrogens is 1560 g/mol. The molecule has 0 atom stereocenters. The van der Waals surface area contributed by atoms with Crippen LogP contribution in [0.25, 0.3) is 129 Å². The summed E-state index contributed by atoms with van der Waals surface area (Å²) in [5.74, 6) is 3.01. The Morgan fingerprint density at radius 3 is 0.811 bits per heavy atom. The molecule has 0 fully saturated rings. The second kappa shape index (κ2) is 28.0. The molecule has 0 radical (unpaired) electrons. The third-order valence-corrected chi connectivity index (χ3v) is 28.4. The van der Waals surface area contributed by atoms with Crippen LogP contribution in [0.4, 0.5) is 0 Å². The smallest absolute Gasteiger partial charge is 0.238 e. The molecule has 8 heteroatoms. The number of fused-ring (bicyclic) bond motifs is 38. The van der Waals surface area contributed by atoms with Crippen LogP contribution >= 0.6 is 11.6 Å². The van der Waals surface area contributed by atoms with Crippen LogP contribution in [0.1, 0.15) is 100 Å². The minimum atomic E-state index is -0.629. The number of benzene rings is 18. The van der Waals surface area contributed by atoms with Gasteiger partial charge in [0.05, 0.1) is 32.7 Å². The SMILES string of the molecule is Clc1nc(-c2ccccc2)nc(-c2ccccc2)n1.c1ccc(-c2nc(-c3ccccc3)nc(-n3c4ccccc4c4cc5c(cc43)C3(c4ccccc4-c4ccccc43)c3ccccc3C53c4ccccc4-c4ccccc43)n2)cc1.c1ccc2c(c1)Cc1cc3c(cc1-2)C1(c2ccccc2-c2ccccc21)c1ccccc1C31c2ccccc2-c2ccccc21. The van der Waals surface area contributed by atoms with Gasteiger partial charge in [0.1, 0.15) is 0 Å². The molecule has 0 bridgehead atoms. The quantitative estimate of drug-likeness (QED) is 0.171. The minimum absolute atomic E-state index is 0.202. The largest absolute Gasteiger partial charge is 0.278 e. The first kappa shape index (κ1) is 72.7. The van der Waals surface area contributed by atoms with Crippen molar-refractivity contribution in [2.24, 2.45) is 0 Å². The average Bonchev–Trinajstić information content (AvgIpc) is 1.51. The van der Waals surface area contributed by atoms with E-state index in [-0.39, 0.29) is 5.28 Å². The summed E-state index contributed by atoms with van der Waals surface area (Å²) in [7, 11) is 0. The normalized spacial score (nSPS) is 14.2. The highest BCUT2D eigenvalue weighted by atomic mass is 35.5. The van der Waals surface area contributed by atoms with E-state index in [1.165, 1.54) is 156 Å². The lowest BCUT2D eigenvalue weighted by molar-refractivity contribution is 0.632. The van der Waals surface area contributed by atoms with Gasteiger partial charge in [0.25, 0.3) is 0 Å². The summed E-state index contributed by atoms with van der Waals surface area (Å²) in [6.07, 6.45) is 0.972. The zero-order valence-corrected chi connectivity index (χ0v) is 69.5. The lowest BCUT2D eigenvalue weighted by atomic mass is 9.52. The molecule has 18 aromatic carbocycles. The van der Waals surface area contributed by atoms with Gasteiger partial charge in [-0.1, -0.05) is 413 Å². The maximum Gasteiger partial charge on any atom is 0.238 e. The van der Waals surface area contributed by atoms with E-state index in [4.69, 9.17) is 26.6 Å². The Hall–Kier alpha value is -15.9. The van der Waals surface area contributed by atoms with Crippen molar-refractivity contribution in [3.05, 3.63) is 542 Å². The number of para-hydroxylation sites is 1. The first-order valence-electron chi connectivity index (χ1n) is 43.6. The molecule has 3 heterocycles. The Balaban J connectivity index is 0.000000116. The molecule has 0 amide bonds. The fraction of sp³-hybridized carbons (Fsp3) is 0.0420. The summed E-state index contributed by atoms with van der Waals surface area (Å²) < 4.78 is 2.29. The second-order valence-electron chi connectivity index (χ2n) is 34.1. The van der Waals surface area contributed by atoms with E-state index in [1.54, 1.807) is 0 Å². The van der Waals surface area contributed by atoms with Crippen LogP contribution in [-0.2, 0) is 28.1 Å². The van der Waals surface area contributed by atoms with Gasteiger partial charge in [-0.25, -0.2) is 9.97 Å². The number of hydrogen-bond donors (Lipinski definition) is 0. The van der Waals surface area contributed by atoms with Crippen molar-refractivity contribution >= 4 is 33.4 Å². The van der Waals surface area contributed by atoms with Gasteiger partial charge in [-0.2, -0.15) is 19.9 Å². The third kappa shape index (κ3) is 10.1. The lowest BCUT2D eigenvalue weighted by Gasteiger charge is -2.49. The van der Waals surface area contributed by atoms with Gasteiger partial charge in [-0.15, -0.1) is 0 Å². The standard InChI is InChI=1S/C59H36N4.C45H28.C15H10ClN3/c1-3-19-37(20-4-1)55-60-56(38-21-5-2-6-22-38)62-57(61-55)63-53-34-18-11-27-43(53)44-35-51-52(36-54(44)63)59(47-30-14-9-25-41(47)42-26-10-15-31-48(42)59)50-33-17-16-32-49(50)58(51)45-28-12-7-23-39(45)40-24-8-13-29-46(40)58;1-2-14-30-28(13-1)25-29-26-42-43(27-35(29)30)45(38-21-9-5-17-33(38)34-18-6-10-22-39(34)45)41-24-12-11-23-40(41)44(42)36-19-7-3-15-31(36)32-16-4-8-20-37(32)44;16-15-18-13(11-7-3-1-4-8-11)17-14(19-15)12-9-5-2-6-10-12/h1-36H;1-24,26-27H,25H2;1-10H. The van der Waals surface area contributed by atoms with Crippen molar-refractivity contribution < 1.29 is 0 Å². The maximum absolute atomic E-state index is 5.99. The molecular formula is C119H74ClN7. The first-order valence-corrected chi connectivity index (χ1v) is 44.0. The molecule has 0 N–H and O–H groups in total. The summed E-state index contributed by atoms with van der Waals surface area (Å²) in [6.45, 7) is 0. The Bertz CT molecular complexity index is 7860. The summed E-state index contributed by atoms with van der Waals surface area (Å²) in [4.78, 5) is 28.6. The van der Waals surface area contributed by atoms with Crippen molar-refractivity contribution in [3.8, 4) is 107 Å². The van der Waals surface area contributed by atoms with Crippen LogP contribution in [-0.4, -0.2) is 34.5 Å². The molecule has 0 unspecified atom stereocenters. The highest BCUT2D eigenvalue weighted by Crippen LogP contribution is 2.71. The van der Waals surface area contributed by atoms with Crippen LogP contribution < -0.4 is 0 Å². The van der Waals surface area contributed by atoms with Gasteiger partial charge in [0.2, 0.25) is 11.2 Å².